The molecule has 0 heterocycles. The van der Waals surface area contributed by atoms with Crippen LogP contribution in [0.3, 0.4) is 0 Å². The molecule has 0 aromatic rings. The van der Waals surface area contributed by atoms with Crippen molar-refractivity contribution in [2.24, 2.45) is 0 Å². The van der Waals surface area contributed by atoms with Crippen LogP contribution < -0.4 is 5.32 Å². The minimum Gasteiger partial charge on any atom is -0.462 e. The summed E-state index contributed by atoms with van der Waals surface area (Å²) in [5, 5.41) is 4.47. The van der Waals surface area contributed by atoms with Crippen molar-refractivity contribution in [3.63, 3.8) is 0 Å². The van der Waals surface area contributed by atoms with Crippen molar-refractivity contribution in [1.82, 2.24) is 5.32 Å². The lowest BCUT2D eigenvalue weighted by Crippen LogP contribution is -2.51. The molecule has 0 aliphatic heterocycles. The molecule has 2 nitrogen and oxygen atoms in total. The van der Waals surface area contributed by atoms with Gasteiger partial charge in [0.05, 0.1) is 4.99 Å². The van der Waals surface area contributed by atoms with Crippen LogP contribution in [-0.2, 0) is 4.74 Å². The van der Waals surface area contributed by atoms with Crippen molar-refractivity contribution in [3.8, 4) is 0 Å². The summed E-state index contributed by atoms with van der Waals surface area (Å²) in [5.41, 5.74) is -0.422. The molecule has 1 N–H and O–H groups in total. The number of ether oxygens (including phenoxy) is 1. The summed E-state index contributed by atoms with van der Waals surface area (Å²) in [7, 11) is 0. The largest absolute Gasteiger partial charge is 0.462 e. The van der Waals surface area contributed by atoms with Crippen molar-refractivity contribution in [3.05, 3.63) is 0 Å². The first kappa shape index (κ1) is 52.8. The number of hydrogen-bond donors (Lipinski definition) is 1. The molecular formula is C49H97NOS2. The molecule has 4 heteroatoms. The van der Waals surface area contributed by atoms with Gasteiger partial charge in [-0.3, -0.25) is 0 Å². The van der Waals surface area contributed by atoms with Gasteiger partial charge >= 0.3 is 0 Å². The van der Waals surface area contributed by atoms with Gasteiger partial charge < -0.3 is 10.1 Å². The van der Waals surface area contributed by atoms with E-state index >= 15 is 0 Å². The second-order valence-corrected chi connectivity index (χ2v) is 18.2. The van der Waals surface area contributed by atoms with E-state index in [2.05, 4.69) is 26.1 Å². The fourth-order valence-corrected chi connectivity index (χ4v) is 8.62. The minimum absolute atomic E-state index is 0.422. The molecule has 316 valence electrons. The van der Waals surface area contributed by atoms with Crippen LogP contribution in [0, 0.1) is 0 Å². The highest BCUT2D eigenvalue weighted by atomic mass is 32.1. The quantitative estimate of drug-likeness (QED) is 0.0378. The lowest BCUT2D eigenvalue weighted by atomic mass is 9.95. The summed E-state index contributed by atoms with van der Waals surface area (Å²) in [6.45, 7) is 8.86. The van der Waals surface area contributed by atoms with Crippen molar-refractivity contribution in [2.75, 3.05) is 0 Å². The number of nitrogens with one attached hydrogen (secondary N) is 1. The summed E-state index contributed by atoms with van der Waals surface area (Å²) < 4.78 is 6.57. The van der Waals surface area contributed by atoms with Crippen LogP contribution in [0.1, 0.15) is 297 Å². The van der Waals surface area contributed by atoms with E-state index < -0.39 is 5.72 Å². The Hall–Kier alpha value is -0.220. The van der Waals surface area contributed by atoms with Gasteiger partial charge in [0.15, 0.2) is 10.8 Å². The summed E-state index contributed by atoms with van der Waals surface area (Å²) in [4.78, 5) is 0.994. The molecule has 0 aliphatic carbocycles. The van der Waals surface area contributed by atoms with Crippen LogP contribution in [-0.4, -0.2) is 15.8 Å². The normalized spacial score (nSPS) is 12.6. The van der Waals surface area contributed by atoms with Gasteiger partial charge in [0.25, 0.3) is 0 Å². The fourth-order valence-electron chi connectivity index (χ4n) is 8.13. The highest BCUT2D eigenvalue weighted by Gasteiger charge is 2.32. The zero-order valence-corrected chi connectivity index (χ0v) is 38.6. The molecule has 0 amide bonds. The van der Waals surface area contributed by atoms with E-state index in [1.165, 1.54) is 250 Å². The van der Waals surface area contributed by atoms with Gasteiger partial charge in [-0.15, -0.1) is 0 Å². The van der Waals surface area contributed by atoms with Crippen LogP contribution in [0.4, 0.5) is 0 Å². The first-order chi connectivity index (χ1) is 26.0. The molecule has 0 spiro atoms. The molecule has 0 saturated carbocycles. The van der Waals surface area contributed by atoms with Crippen molar-refractivity contribution in [1.29, 1.82) is 0 Å². The first-order valence-corrected chi connectivity index (χ1v) is 25.3. The lowest BCUT2D eigenvalue weighted by molar-refractivity contribution is 0.0200. The molecule has 0 aromatic heterocycles. The topological polar surface area (TPSA) is 21.3 Å². The van der Waals surface area contributed by atoms with E-state index in [0.29, 0.717) is 5.05 Å². The van der Waals surface area contributed by atoms with Crippen molar-refractivity contribution < 1.29 is 4.74 Å². The third-order valence-corrected chi connectivity index (χ3v) is 12.0. The summed E-state index contributed by atoms with van der Waals surface area (Å²) >= 11 is 11.6. The smallest absolute Gasteiger partial charge is 0.181 e. The highest BCUT2D eigenvalue weighted by Crippen LogP contribution is 2.27. The van der Waals surface area contributed by atoms with E-state index in [-0.39, 0.29) is 0 Å². The molecule has 1 atom stereocenters. The van der Waals surface area contributed by atoms with E-state index in [1.807, 2.05) is 6.92 Å². The Morgan fingerprint density at radius 2 is 0.585 bits per heavy atom. The number of rotatable bonds is 44. The Kier molecular flexibility index (Phi) is 42.7. The van der Waals surface area contributed by atoms with Crippen molar-refractivity contribution >= 4 is 34.5 Å². The highest BCUT2D eigenvalue weighted by molar-refractivity contribution is 7.80. The van der Waals surface area contributed by atoms with Crippen molar-refractivity contribution in [2.45, 2.75) is 303 Å². The van der Waals surface area contributed by atoms with Crippen LogP contribution in [0.5, 0.6) is 0 Å². The number of thiocarbonyl (C=S) groups is 2. The van der Waals surface area contributed by atoms with Crippen LogP contribution in [0.25, 0.3) is 0 Å². The van der Waals surface area contributed by atoms with Crippen LogP contribution in [0.15, 0.2) is 0 Å². The SMILES string of the molecule is CCCCCCCCCCCCCCCCC(CCCCCCCCCCCCCC)(NC(=S)CCCCCCCCCCCCCCC)OC(C)=S. The summed E-state index contributed by atoms with van der Waals surface area (Å²) in [6, 6.07) is 0. The Bertz CT molecular complexity index is 757. The molecule has 0 bridgehead atoms. The molecule has 1 unspecified atom stereocenters. The van der Waals surface area contributed by atoms with Gasteiger partial charge in [-0.1, -0.05) is 264 Å². The summed E-state index contributed by atoms with van der Waals surface area (Å²) in [5.74, 6) is 0. The molecule has 53 heavy (non-hydrogen) atoms. The predicted molar refractivity (Wildman–Crippen MR) is 249 cm³/mol. The third-order valence-electron chi connectivity index (χ3n) is 11.6. The van der Waals surface area contributed by atoms with Crippen LogP contribution in [0.2, 0.25) is 0 Å². The standard InChI is InChI=1S/C49H97NOS2/c1-5-8-11-14-17-20-23-26-28-31-34-37-40-43-46-49(51-47(4)52,45-42-39-36-33-30-25-22-19-16-13-10-7-3)50-48(53)44-41-38-35-32-29-27-24-21-18-15-12-9-6-2/h5-46H2,1-4H3,(H,50,53). The maximum atomic E-state index is 6.57. The second-order valence-electron chi connectivity index (χ2n) is 17.1. The predicted octanol–water partition coefficient (Wildman–Crippen LogP) is 18.4. The number of unbranched alkanes of at least 4 members (excludes halogenated alkanes) is 36. The maximum absolute atomic E-state index is 6.57. The zero-order chi connectivity index (χ0) is 38.8. The van der Waals surface area contributed by atoms with Crippen LogP contribution >= 0.6 is 24.4 Å². The second kappa shape index (κ2) is 42.9. The van der Waals surface area contributed by atoms with Gasteiger partial charge in [-0.25, -0.2) is 0 Å². The monoisotopic (exact) mass is 780 g/mol. The Balaban J connectivity index is 4.58. The first-order valence-electron chi connectivity index (χ1n) is 24.5. The summed E-state index contributed by atoms with van der Waals surface area (Å²) in [6.07, 6.45) is 56.8. The fraction of sp³-hybridized carbons (Fsp3) is 0.959. The van der Waals surface area contributed by atoms with E-state index in [9.17, 15) is 0 Å². The zero-order valence-electron chi connectivity index (χ0n) is 36.9. The molecule has 0 radical (unpaired) electrons. The Morgan fingerprint density at radius 3 is 0.830 bits per heavy atom. The third kappa shape index (κ3) is 39.8. The minimum atomic E-state index is -0.422. The lowest BCUT2D eigenvalue weighted by Gasteiger charge is -2.36. The van der Waals surface area contributed by atoms with Gasteiger partial charge in [0.1, 0.15) is 0 Å². The molecular weight excluding hydrogens is 683 g/mol. The van der Waals surface area contributed by atoms with Gasteiger partial charge in [-0.2, -0.15) is 0 Å². The molecule has 0 aromatic carbocycles. The molecule has 0 saturated heterocycles. The van der Waals surface area contributed by atoms with Gasteiger partial charge in [0.2, 0.25) is 0 Å². The van der Waals surface area contributed by atoms with E-state index in [4.69, 9.17) is 29.2 Å². The Morgan fingerprint density at radius 1 is 0.358 bits per heavy atom. The average Bonchev–Trinajstić information content (AvgIpc) is 3.14. The Labute approximate surface area is 346 Å². The molecule has 0 rings (SSSR count). The van der Waals surface area contributed by atoms with E-state index in [0.717, 1.165) is 24.3 Å². The molecule has 0 aliphatic rings. The number of hydrogen-bond acceptors (Lipinski definition) is 3. The average molecular weight is 780 g/mol. The molecule has 0 fully saturated rings. The van der Waals surface area contributed by atoms with E-state index in [1.54, 1.807) is 0 Å². The maximum Gasteiger partial charge on any atom is 0.181 e. The van der Waals surface area contributed by atoms with Gasteiger partial charge in [-0.05, 0) is 37.9 Å². The van der Waals surface area contributed by atoms with Gasteiger partial charge in [0, 0.05) is 19.8 Å².